The number of benzene rings is 1. The monoisotopic (exact) mass is 337 g/mol. The van der Waals surface area contributed by atoms with Gasteiger partial charge in [-0.15, -0.1) is 0 Å². The van der Waals surface area contributed by atoms with E-state index in [0.717, 1.165) is 4.90 Å². The normalized spacial score (nSPS) is 11.5. The van der Waals surface area contributed by atoms with Crippen LogP contribution in [0.2, 0.25) is 10.0 Å². The minimum atomic E-state index is -1.61. The summed E-state index contributed by atoms with van der Waals surface area (Å²) in [5.41, 5.74) is -1.55. The number of halogens is 2. The van der Waals surface area contributed by atoms with E-state index in [1.54, 1.807) is 0 Å². The first kappa shape index (κ1) is 18.2. The summed E-state index contributed by atoms with van der Waals surface area (Å²) in [7, 11) is 0. The Kier molecular flexibility index (Phi) is 6.86. The van der Waals surface area contributed by atoms with Gasteiger partial charge in [0.25, 0.3) is 5.91 Å². The number of hydrogen-bond acceptors (Lipinski definition) is 5. The predicted octanol–water partition coefficient (Wildman–Crippen LogP) is 0.144. The van der Waals surface area contributed by atoms with E-state index in [2.05, 4.69) is 0 Å². The molecule has 0 atom stereocenters. The molecule has 0 heterocycles. The Balaban J connectivity index is 3.27. The molecule has 4 N–H and O–H groups in total. The largest absolute Gasteiger partial charge is 0.395 e. The number of β-amino-alcohol motifs (C(OH)–C–C–N with tert-alkyl or cyclic N) is 1. The molecule has 0 fully saturated rings. The van der Waals surface area contributed by atoms with Crippen molar-refractivity contribution in [1.82, 2.24) is 4.90 Å². The van der Waals surface area contributed by atoms with E-state index < -0.39 is 37.9 Å². The molecule has 1 aromatic carbocycles. The maximum Gasteiger partial charge on any atom is 0.256 e. The Bertz CT molecular complexity index is 485. The molecular formula is C13H17Cl2NO5. The van der Waals surface area contributed by atoms with E-state index in [9.17, 15) is 20.1 Å². The highest BCUT2D eigenvalue weighted by Crippen LogP contribution is 2.25. The second-order valence-corrected chi connectivity index (χ2v) is 5.35. The number of nitrogens with zero attached hydrogens (tertiary/aromatic N) is 1. The number of aliphatic hydroxyl groups is 4. The minimum Gasteiger partial charge on any atom is -0.395 e. The van der Waals surface area contributed by atoms with Crippen molar-refractivity contribution < 1.29 is 25.2 Å². The lowest BCUT2D eigenvalue weighted by atomic mass is 9.99. The average molecular weight is 338 g/mol. The molecule has 0 spiro atoms. The first-order valence-electron chi connectivity index (χ1n) is 6.16. The summed E-state index contributed by atoms with van der Waals surface area (Å²) in [6.45, 7) is -2.63. The Labute approximate surface area is 132 Å². The van der Waals surface area contributed by atoms with Crippen LogP contribution in [0.15, 0.2) is 18.2 Å². The molecule has 0 aliphatic heterocycles. The highest BCUT2D eigenvalue weighted by Gasteiger charge is 2.39. The van der Waals surface area contributed by atoms with Crippen LogP contribution in [0.3, 0.4) is 0 Å². The molecule has 1 amide bonds. The lowest BCUT2D eigenvalue weighted by Gasteiger charge is -2.40. The molecule has 0 unspecified atom stereocenters. The van der Waals surface area contributed by atoms with Gasteiger partial charge in [-0.1, -0.05) is 23.2 Å². The molecule has 6 nitrogen and oxygen atoms in total. The third-order valence-electron chi connectivity index (χ3n) is 3.18. The quantitative estimate of drug-likeness (QED) is 0.567. The molecule has 1 aromatic rings. The third kappa shape index (κ3) is 3.85. The number of hydrogen-bond donors (Lipinski definition) is 4. The standard InChI is InChI=1S/C13H17Cl2NO5/c14-9-1-2-11(15)10(5-9)12(21)16(3-4-17)13(6-18,7-19)8-20/h1-2,5,17-20H,3-4,6-8H2. The van der Waals surface area contributed by atoms with Gasteiger partial charge in [-0.05, 0) is 18.2 Å². The average Bonchev–Trinajstić information content (AvgIpc) is 2.50. The fraction of sp³-hybridized carbons (Fsp3) is 0.462. The Morgan fingerprint density at radius 1 is 1.10 bits per heavy atom. The Hall–Kier alpha value is -0.890. The van der Waals surface area contributed by atoms with Crippen molar-refractivity contribution in [2.24, 2.45) is 0 Å². The molecule has 0 saturated carbocycles. The summed E-state index contributed by atoms with van der Waals surface area (Å²) in [5, 5.41) is 37.8. The van der Waals surface area contributed by atoms with E-state index in [0.29, 0.717) is 0 Å². The summed E-state index contributed by atoms with van der Waals surface area (Å²) in [6.07, 6.45) is 0. The molecular weight excluding hydrogens is 321 g/mol. The van der Waals surface area contributed by atoms with Gasteiger partial charge in [0, 0.05) is 11.6 Å². The van der Waals surface area contributed by atoms with Gasteiger partial charge >= 0.3 is 0 Å². The Morgan fingerprint density at radius 2 is 1.67 bits per heavy atom. The SMILES string of the molecule is O=C(c1cc(Cl)ccc1Cl)N(CCO)C(CO)(CO)CO. The van der Waals surface area contributed by atoms with Crippen LogP contribution in [0.1, 0.15) is 10.4 Å². The number of carbonyl (C=O) groups is 1. The lowest BCUT2D eigenvalue weighted by Crippen LogP contribution is -2.60. The van der Waals surface area contributed by atoms with Crippen LogP contribution in [0, 0.1) is 0 Å². The Morgan fingerprint density at radius 3 is 2.14 bits per heavy atom. The molecule has 0 aliphatic rings. The van der Waals surface area contributed by atoms with Gasteiger partial charge in [-0.25, -0.2) is 0 Å². The van der Waals surface area contributed by atoms with E-state index in [-0.39, 0.29) is 22.2 Å². The molecule has 8 heteroatoms. The summed E-state index contributed by atoms with van der Waals surface area (Å²) in [4.78, 5) is 13.6. The third-order valence-corrected chi connectivity index (χ3v) is 3.75. The van der Waals surface area contributed by atoms with E-state index >= 15 is 0 Å². The molecule has 21 heavy (non-hydrogen) atoms. The van der Waals surface area contributed by atoms with Crippen LogP contribution in [-0.4, -0.2) is 69.7 Å². The number of rotatable bonds is 7. The number of carbonyl (C=O) groups excluding carboxylic acids is 1. The van der Waals surface area contributed by atoms with Crippen molar-refractivity contribution in [1.29, 1.82) is 0 Å². The summed E-state index contributed by atoms with van der Waals surface area (Å²) in [5.74, 6) is -0.659. The van der Waals surface area contributed by atoms with Gasteiger partial charge in [0.2, 0.25) is 0 Å². The van der Waals surface area contributed by atoms with Gasteiger partial charge in [0.05, 0.1) is 37.0 Å². The first-order valence-corrected chi connectivity index (χ1v) is 6.92. The van der Waals surface area contributed by atoms with Crippen LogP contribution in [0.25, 0.3) is 0 Å². The van der Waals surface area contributed by atoms with Crippen molar-refractivity contribution in [2.45, 2.75) is 5.54 Å². The topological polar surface area (TPSA) is 101 Å². The van der Waals surface area contributed by atoms with Crippen molar-refractivity contribution in [3.05, 3.63) is 33.8 Å². The highest BCUT2D eigenvalue weighted by atomic mass is 35.5. The second kappa shape index (κ2) is 7.93. The molecule has 0 aromatic heterocycles. The van der Waals surface area contributed by atoms with Crippen LogP contribution in [-0.2, 0) is 0 Å². The number of aliphatic hydroxyl groups excluding tert-OH is 4. The zero-order valence-electron chi connectivity index (χ0n) is 11.2. The van der Waals surface area contributed by atoms with E-state index in [1.165, 1.54) is 18.2 Å². The van der Waals surface area contributed by atoms with Gasteiger partial charge in [0.15, 0.2) is 0 Å². The van der Waals surface area contributed by atoms with Gasteiger partial charge in [-0.2, -0.15) is 0 Å². The molecule has 0 aliphatic carbocycles. The summed E-state index contributed by atoms with van der Waals surface area (Å²) >= 11 is 11.8. The molecule has 0 radical (unpaired) electrons. The first-order chi connectivity index (χ1) is 9.95. The zero-order chi connectivity index (χ0) is 16.0. The van der Waals surface area contributed by atoms with Gasteiger partial charge in [0.1, 0.15) is 5.54 Å². The zero-order valence-corrected chi connectivity index (χ0v) is 12.7. The summed E-state index contributed by atoms with van der Waals surface area (Å²) < 4.78 is 0. The molecule has 1 rings (SSSR count). The minimum absolute atomic E-state index is 0.0531. The smallest absolute Gasteiger partial charge is 0.256 e. The maximum atomic E-state index is 12.6. The van der Waals surface area contributed by atoms with Crippen LogP contribution in [0.5, 0.6) is 0 Å². The van der Waals surface area contributed by atoms with E-state index in [4.69, 9.17) is 28.3 Å². The van der Waals surface area contributed by atoms with E-state index in [1.807, 2.05) is 0 Å². The fourth-order valence-corrected chi connectivity index (χ4v) is 2.24. The second-order valence-electron chi connectivity index (χ2n) is 4.50. The van der Waals surface area contributed by atoms with Crippen molar-refractivity contribution in [2.75, 3.05) is 33.0 Å². The predicted molar refractivity (Wildman–Crippen MR) is 78.6 cm³/mol. The fourth-order valence-electron chi connectivity index (χ4n) is 1.87. The van der Waals surface area contributed by atoms with Crippen molar-refractivity contribution in [3.63, 3.8) is 0 Å². The number of amides is 1. The van der Waals surface area contributed by atoms with Gasteiger partial charge in [-0.3, -0.25) is 4.79 Å². The van der Waals surface area contributed by atoms with Crippen molar-refractivity contribution >= 4 is 29.1 Å². The van der Waals surface area contributed by atoms with Crippen molar-refractivity contribution in [3.8, 4) is 0 Å². The summed E-state index contributed by atoms with van der Waals surface area (Å²) in [6, 6.07) is 4.29. The van der Waals surface area contributed by atoms with Crippen LogP contribution >= 0.6 is 23.2 Å². The van der Waals surface area contributed by atoms with Crippen LogP contribution < -0.4 is 0 Å². The molecule has 118 valence electrons. The molecule has 0 bridgehead atoms. The maximum absolute atomic E-state index is 12.6. The molecule has 0 saturated heterocycles. The van der Waals surface area contributed by atoms with Gasteiger partial charge < -0.3 is 25.3 Å². The highest BCUT2D eigenvalue weighted by molar-refractivity contribution is 6.35. The van der Waals surface area contributed by atoms with Crippen LogP contribution in [0.4, 0.5) is 0 Å². The lowest BCUT2D eigenvalue weighted by molar-refractivity contribution is -0.0395.